The van der Waals surface area contributed by atoms with Crippen molar-refractivity contribution in [2.75, 3.05) is 0 Å². The van der Waals surface area contributed by atoms with Crippen molar-refractivity contribution in [1.82, 2.24) is 0 Å². The number of hydrogen-bond acceptors (Lipinski definition) is 3. The first-order valence-corrected chi connectivity index (χ1v) is 5.94. The lowest BCUT2D eigenvalue weighted by Gasteiger charge is -2.22. The first kappa shape index (κ1) is 14.3. The molecule has 0 aliphatic rings. The van der Waals surface area contributed by atoms with Gasteiger partial charge in [0.25, 0.3) is 0 Å². The average Bonchev–Trinajstić information content (AvgIpc) is 2.27. The lowest BCUT2D eigenvalue weighted by molar-refractivity contribution is -0.162. The van der Waals surface area contributed by atoms with Gasteiger partial charge in [-0.25, -0.2) is 4.79 Å². The molecule has 18 heavy (non-hydrogen) atoms. The molecule has 0 amide bonds. The molecule has 0 saturated heterocycles. The van der Waals surface area contributed by atoms with E-state index < -0.39 is 11.7 Å². The predicted octanol–water partition coefficient (Wildman–Crippen LogP) is 3.44. The highest BCUT2D eigenvalue weighted by atomic mass is 16.6. The van der Waals surface area contributed by atoms with Crippen molar-refractivity contribution in [3.63, 3.8) is 0 Å². The standard InChI is InChI=1S/C15H20O3/c1-6-12-7-9-13(10-8-12)17-11(2)14(16)18-15(3,4)5/h6-11H,1H2,2-5H3. The van der Waals surface area contributed by atoms with E-state index in [0.29, 0.717) is 5.75 Å². The molecule has 1 aromatic rings. The van der Waals surface area contributed by atoms with Crippen LogP contribution in [-0.4, -0.2) is 17.7 Å². The molecule has 3 heteroatoms. The van der Waals surface area contributed by atoms with E-state index in [1.807, 2.05) is 32.9 Å². The number of rotatable bonds is 4. The first-order valence-electron chi connectivity index (χ1n) is 5.94. The molecule has 0 saturated carbocycles. The van der Waals surface area contributed by atoms with Gasteiger partial charge in [0.1, 0.15) is 11.4 Å². The normalized spacial score (nSPS) is 12.7. The van der Waals surface area contributed by atoms with Crippen LogP contribution in [0.25, 0.3) is 6.08 Å². The van der Waals surface area contributed by atoms with Gasteiger partial charge in [0, 0.05) is 0 Å². The van der Waals surface area contributed by atoms with Crippen LogP contribution in [0.5, 0.6) is 5.75 Å². The minimum Gasteiger partial charge on any atom is -0.479 e. The van der Waals surface area contributed by atoms with Gasteiger partial charge in [-0.1, -0.05) is 24.8 Å². The molecule has 98 valence electrons. The number of hydrogen-bond donors (Lipinski definition) is 0. The van der Waals surface area contributed by atoms with E-state index in [1.54, 1.807) is 25.1 Å². The molecule has 0 aromatic heterocycles. The number of ether oxygens (including phenoxy) is 2. The smallest absolute Gasteiger partial charge is 0.347 e. The van der Waals surface area contributed by atoms with Gasteiger partial charge in [0.15, 0.2) is 6.10 Å². The molecular weight excluding hydrogens is 228 g/mol. The molecule has 0 radical (unpaired) electrons. The third-order valence-electron chi connectivity index (χ3n) is 2.17. The van der Waals surface area contributed by atoms with Gasteiger partial charge in [-0.15, -0.1) is 0 Å². The maximum absolute atomic E-state index is 11.7. The van der Waals surface area contributed by atoms with Crippen molar-refractivity contribution in [2.45, 2.75) is 39.4 Å². The van der Waals surface area contributed by atoms with E-state index in [0.717, 1.165) is 5.56 Å². The molecule has 0 spiro atoms. The molecule has 0 aliphatic carbocycles. The van der Waals surface area contributed by atoms with Crippen LogP contribution in [0.4, 0.5) is 0 Å². The van der Waals surface area contributed by atoms with Gasteiger partial charge in [-0.05, 0) is 45.4 Å². The SMILES string of the molecule is C=Cc1ccc(OC(C)C(=O)OC(C)(C)C)cc1. The van der Waals surface area contributed by atoms with Crippen LogP contribution in [0.3, 0.4) is 0 Å². The Labute approximate surface area is 108 Å². The molecule has 1 aromatic carbocycles. The molecule has 0 bridgehead atoms. The van der Waals surface area contributed by atoms with Crippen molar-refractivity contribution in [2.24, 2.45) is 0 Å². The van der Waals surface area contributed by atoms with Gasteiger partial charge < -0.3 is 9.47 Å². The topological polar surface area (TPSA) is 35.5 Å². The fourth-order valence-electron chi connectivity index (χ4n) is 1.32. The zero-order chi connectivity index (χ0) is 13.8. The Morgan fingerprint density at radius 3 is 2.28 bits per heavy atom. The lowest BCUT2D eigenvalue weighted by Crippen LogP contribution is -2.33. The molecule has 1 rings (SSSR count). The lowest BCUT2D eigenvalue weighted by atomic mass is 10.2. The summed E-state index contributed by atoms with van der Waals surface area (Å²) >= 11 is 0. The second-order valence-corrected chi connectivity index (χ2v) is 5.07. The van der Waals surface area contributed by atoms with Crippen LogP contribution in [0.1, 0.15) is 33.3 Å². The van der Waals surface area contributed by atoms with Crippen LogP contribution in [0.15, 0.2) is 30.8 Å². The van der Waals surface area contributed by atoms with Gasteiger partial charge in [-0.2, -0.15) is 0 Å². The second kappa shape index (κ2) is 5.71. The van der Waals surface area contributed by atoms with Crippen molar-refractivity contribution in [1.29, 1.82) is 0 Å². The Bertz CT molecular complexity index is 412. The van der Waals surface area contributed by atoms with Crippen LogP contribution in [0.2, 0.25) is 0 Å². The summed E-state index contributed by atoms with van der Waals surface area (Å²) in [7, 11) is 0. The summed E-state index contributed by atoms with van der Waals surface area (Å²) < 4.78 is 10.7. The molecule has 0 fully saturated rings. The minimum absolute atomic E-state index is 0.365. The van der Waals surface area contributed by atoms with Crippen LogP contribution in [-0.2, 0) is 9.53 Å². The maximum atomic E-state index is 11.7. The molecule has 0 N–H and O–H groups in total. The summed E-state index contributed by atoms with van der Waals surface area (Å²) in [6.45, 7) is 10.8. The van der Waals surface area contributed by atoms with Crippen LogP contribution in [0, 0.1) is 0 Å². The van der Waals surface area contributed by atoms with Gasteiger partial charge in [0.05, 0.1) is 0 Å². The largest absolute Gasteiger partial charge is 0.479 e. The van der Waals surface area contributed by atoms with E-state index in [-0.39, 0.29) is 5.97 Å². The zero-order valence-electron chi connectivity index (χ0n) is 11.4. The monoisotopic (exact) mass is 248 g/mol. The van der Waals surface area contributed by atoms with Crippen molar-refractivity contribution in [3.8, 4) is 5.75 Å². The fourth-order valence-corrected chi connectivity index (χ4v) is 1.32. The van der Waals surface area contributed by atoms with E-state index >= 15 is 0 Å². The minimum atomic E-state index is -0.626. The number of benzene rings is 1. The molecule has 3 nitrogen and oxygen atoms in total. The van der Waals surface area contributed by atoms with E-state index in [4.69, 9.17) is 9.47 Å². The van der Waals surface area contributed by atoms with Gasteiger partial charge >= 0.3 is 5.97 Å². The Morgan fingerprint density at radius 1 is 1.28 bits per heavy atom. The second-order valence-electron chi connectivity index (χ2n) is 5.07. The van der Waals surface area contributed by atoms with Crippen molar-refractivity contribution < 1.29 is 14.3 Å². The molecule has 0 heterocycles. The van der Waals surface area contributed by atoms with Crippen molar-refractivity contribution >= 4 is 12.0 Å². The number of carbonyl (C=O) groups excluding carboxylic acids is 1. The van der Waals surface area contributed by atoms with Gasteiger partial charge in [0.2, 0.25) is 0 Å². The molecular formula is C15H20O3. The summed E-state index contributed by atoms with van der Waals surface area (Å²) in [6, 6.07) is 7.37. The fraction of sp³-hybridized carbons (Fsp3) is 0.400. The quantitative estimate of drug-likeness (QED) is 0.766. The average molecular weight is 248 g/mol. The highest BCUT2D eigenvalue weighted by Gasteiger charge is 2.22. The van der Waals surface area contributed by atoms with Crippen LogP contribution < -0.4 is 4.74 Å². The summed E-state index contributed by atoms with van der Waals surface area (Å²) in [5, 5.41) is 0. The highest BCUT2D eigenvalue weighted by molar-refractivity contribution is 5.75. The third kappa shape index (κ3) is 4.62. The third-order valence-corrected chi connectivity index (χ3v) is 2.17. The summed E-state index contributed by atoms with van der Waals surface area (Å²) in [5.41, 5.74) is 0.508. The van der Waals surface area contributed by atoms with Gasteiger partial charge in [-0.3, -0.25) is 0 Å². The van der Waals surface area contributed by atoms with E-state index in [2.05, 4.69) is 6.58 Å². The van der Waals surface area contributed by atoms with Crippen LogP contribution >= 0.6 is 0 Å². The first-order chi connectivity index (χ1) is 8.31. The summed E-state index contributed by atoms with van der Waals surface area (Å²) in [6.07, 6.45) is 1.12. The van der Waals surface area contributed by atoms with E-state index in [1.165, 1.54) is 0 Å². The Morgan fingerprint density at radius 2 is 1.83 bits per heavy atom. The van der Waals surface area contributed by atoms with E-state index in [9.17, 15) is 4.79 Å². The Kier molecular flexibility index (Phi) is 4.54. The Balaban J connectivity index is 2.60. The Hall–Kier alpha value is -1.77. The summed E-state index contributed by atoms with van der Waals surface area (Å²) in [4.78, 5) is 11.7. The molecule has 1 atom stereocenters. The summed E-state index contributed by atoms with van der Waals surface area (Å²) in [5.74, 6) is 0.272. The van der Waals surface area contributed by atoms with Crippen molar-refractivity contribution in [3.05, 3.63) is 36.4 Å². The molecule has 0 aliphatic heterocycles. The number of carbonyl (C=O) groups is 1. The predicted molar refractivity (Wildman–Crippen MR) is 72.5 cm³/mol. The highest BCUT2D eigenvalue weighted by Crippen LogP contribution is 2.16. The maximum Gasteiger partial charge on any atom is 0.347 e. The number of esters is 1. The molecule has 1 unspecified atom stereocenters. The zero-order valence-corrected chi connectivity index (χ0v) is 11.4.